The van der Waals surface area contributed by atoms with Crippen LogP contribution in [-0.2, 0) is 37.7 Å². The van der Waals surface area contributed by atoms with Gasteiger partial charge in [0.25, 0.3) is 5.91 Å². The van der Waals surface area contributed by atoms with Gasteiger partial charge >= 0.3 is 0 Å². The number of β-lactam (4-membered cyclic amide) rings is 1. The zero-order valence-electron chi connectivity index (χ0n) is 21.6. The average molecular weight is 516 g/mol. The van der Waals surface area contributed by atoms with Crippen LogP contribution < -0.4 is 9.80 Å². The maximum atomic E-state index is 13.9. The SMILES string of the molecule is C=CCN1C(=O)[C@]2(O[C@H](CC(=O)N3Cc4ccccc4C[C@H]3CO)C[C@@H]2C)c2cc(N3CCC3=O)ccc21. The molecule has 0 bridgehead atoms. The second kappa shape index (κ2) is 9.36. The molecular formula is C30H33N3O5. The molecule has 4 atom stereocenters. The van der Waals surface area contributed by atoms with Gasteiger partial charge in [-0.1, -0.05) is 37.3 Å². The predicted octanol–water partition coefficient (Wildman–Crippen LogP) is 2.91. The first kappa shape index (κ1) is 24.8. The first-order chi connectivity index (χ1) is 18.4. The molecule has 0 radical (unpaired) electrons. The van der Waals surface area contributed by atoms with E-state index in [4.69, 9.17) is 4.74 Å². The summed E-state index contributed by atoms with van der Waals surface area (Å²) in [4.78, 5) is 44.8. The number of carbonyl (C=O) groups is 3. The minimum absolute atomic E-state index is 0.0664. The Hall–Kier alpha value is -3.49. The lowest BCUT2D eigenvalue weighted by Crippen LogP contribution is -2.47. The van der Waals surface area contributed by atoms with Crippen molar-refractivity contribution in [2.24, 2.45) is 5.92 Å². The molecule has 38 heavy (non-hydrogen) atoms. The summed E-state index contributed by atoms with van der Waals surface area (Å²) in [6.45, 7) is 7.18. The van der Waals surface area contributed by atoms with Crippen LogP contribution in [0.25, 0.3) is 0 Å². The van der Waals surface area contributed by atoms with E-state index in [0.29, 0.717) is 38.9 Å². The largest absolute Gasteiger partial charge is 0.394 e. The second-order valence-corrected chi connectivity index (χ2v) is 10.8. The van der Waals surface area contributed by atoms with E-state index >= 15 is 0 Å². The highest BCUT2D eigenvalue weighted by Gasteiger charge is 2.60. The third kappa shape index (κ3) is 3.69. The Labute approximate surface area is 222 Å². The van der Waals surface area contributed by atoms with Crippen molar-refractivity contribution in [3.05, 3.63) is 71.8 Å². The summed E-state index contributed by atoms with van der Waals surface area (Å²) in [6.07, 6.45) is 3.08. The van der Waals surface area contributed by atoms with E-state index in [0.717, 1.165) is 28.1 Å². The molecule has 0 unspecified atom stereocenters. The number of hydrogen-bond acceptors (Lipinski definition) is 5. The van der Waals surface area contributed by atoms with Crippen molar-refractivity contribution in [1.29, 1.82) is 0 Å². The summed E-state index contributed by atoms with van der Waals surface area (Å²) in [5, 5.41) is 10.0. The number of anilines is 2. The van der Waals surface area contributed by atoms with Crippen LogP contribution in [0.3, 0.4) is 0 Å². The molecule has 0 aliphatic carbocycles. The van der Waals surface area contributed by atoms with Crippen LogP contribution in [0, 0.1) is 5.92 Å². The van der Waals surface area contributed by atoms with Crippen molar-refractivity contribution in [1.82, 2.24) is 4.90 Å². The van der Waals surface area contributed by atoms with Gasteiger partial charge in [0, 0.05) is 43.2 Å². The number of amides is 3. The molecule has 0 aromatic heterocycles. The van der Waals surface area contributed by atoms with Crippen molar-refractivity contribution in [2.45, 2.75) is 56.9 Å². The fourth-order valence-electron chi connectivity index (χ4n) is 6.61. The summed E-state index contributed by atoms with van der Waals surface area (Å²) in [7, 11) is 0. The van der Waals surface area contributed by atoms with Crippen LogP contribution in [0.4, 0.5) is 11.4 Å². The lowest BCUT2D eigenvalue weighted by molar-refractivity contribution is -0.150. The average Bonchev–Trinajstić information content (AvgIpc) is 3.36. The molecule has 198 valence electrons. The summed E-state index contributed by atoms with van der Waals surface area (Å²) in [5.41, 5.74) is 3.32. The van der Waals surface area contributed by atoms with Crippen LogP contribution in [0.1, 0.15) is 42.9 Å². The summed E-state index contributed by atoms with van der Waals surface area (Å²) in [5.74, 6) is -0.334. The molecule has 2 fully saturated rings. The number of aliphatic hydroxyl groups is 1. The first-order valence-corrected chi connectivity index (χ1v) is 13.4. The number of benzene rings is 2. The van der Waals surface area contributed by atoms with Gasteiger partial charge in [-0.05, 0) is 42.2 Å². The third-order valence-corrected chi connectivity index (χ3v) is 8.66. The zero-order chi connectivity index (χ0) is 26.6. The Bertz CT molecular complexity index is 1320. The molecule has 1 N–H and O–H groups in total. The topological polar surface area (TPSA) is 90.4 Å². The molecule has 6 rings (SSSR count). The summed E-state index contributed by atoms with van der Waals surface area (Å²) < 4.78 is 6.61. The highest BCUT2D eigenvalue weighted by Crippen LogP contribution is 2.54. The van der Waals surface area contributed by atoms with Gasteiger partial charge in [0.1, 0.15) is 0 Å². The van der Waals surface area contributed by atoms with E-state index in [1.165, 1.54) is 0 Å². The van der Waals surface area contributed by atoms with Gasteiger partial charge in [-0.3, -0.25) is 14.4 Å². The number of ether oxygens (including phenoxy) is 1. The lowest BCUT2D eigenvalue weighted by atomic mass is 9.82. The van der Waals surface area contributed by atoms with Gasteiger partial charge < -0.3 is 24.5 Å². The lowest BCUT2D eigenvalue weighted by Gasteiger charge is -2.36. The van der Waals surface area contributed by atoms with Gasteiger partial charge in [0.2, 0.25) is 11.8 Å². The molecule has 3 amide bonds. The van der Waals surface area contributed by atoms with Crippen LogP contribution in [0.2, 0.25) is 0 Å². The molecule has 4 heterocycles. The number of nitrogens with zero attached hydrogens (tertiary/aromatic N) is 3. The van der Waals surface area contributed by atoms with Crippen LogP contribution >= 0.6 is 0 Å². The minimum atomic E-state index is -1.21. The smallest absolute Gasteiger partial charge is 0.264 e. The Morgan fingerprint density at radius 3 is 2.68 bits per heavy atom. The summed E-state index contributed by atoms with van der Waals surface area (Å²) >= 11 is 0. The molecule has 8 nitrogen and oxygen atoms in total. The molecular weight excluding hydrogens is 482 g/mol. The van der Waals surface area contributed by atoms with Gasteiger partial charge in [-0.25, -0.2) is 0 Å². The van der Waals surface area contributed by atoms with Crippen molar-refractivity contribution in [2.75, 3.05) is 29.5 Å². The fraction of sp³-hybridized carbons (Fsp3) is 0.433. The number of fused-ring (bicyclic) bond motifs is 3. The fourth-order valence-corrected chi connectivity index (χ4v) is 6.61. The van der Waals surface area contributed by atoms with E-state index in [9.17, 15) is 19.5 Å². The Morgan fingerprint density at radius 2 is 2.00 bits per heavy atom. The van der Waals surface area contributed by atoms with E-state index in [1.54, 1.807) is 20.8 Å². The van der Waals surface area contributed by atoms with Gasteiger partial charge in [0.05, 0.1) is 30.9 Å². The van der Waals surface area contributed by atoms with E-state index in [-0.39, 0.29) is 42.7 Å². The Balaban J connectivity index is 1.27. The van der Waals surface area contributed by atoms with E-state index in [2.05, 4.69) is 6.58 Å². The molecule has 0 saturated carbocycles. The molecule has 4 aliphatic heterocycles. The molecule has 2 saturated heterocycles. The molecule has 1 spiro atoms. The Morgan fingerprint density at radius 1 is 1.21 bits per heavy atom. The molecule has 4 aliphatic rings. The quantitative estimate of drug-likeness (QED) is 0.472. The summed E-state index contributed by atoms with van der Waals surface area (Å²) in [6, 6.07) is 13.4. The molecule has 2 aromatic rings. The van der Waals surface area contributed by atoms with Gasteiger partial charge in [-0.15, -0.1) is 6.58 Å². The number of carbonyl (C=O) groups excluding carboxylic acids is 3. The zero-order valence-corrected chi connectivity index (χ0v) is 21.6. The number of rotatable bonds is 6. The maximum Gasteiger partial charge on any atom is 0.264 e. The number of hydrogen-bond donors (Lipinski definition) is 1. The van der Waals surface area contributed by atoms with E-state index in [1.807, 2.05) is 49.4 Å². The Kier molecular flexibility index (Phi) is 6.12. The highest BCUT2D eigenvalue weighted by atomic mass is 16.5. The standard InChI is InChI=1S/C30H33N3O5/c1-3-11-32-26-9-8-22(31-12-10-27(31)35)15-25(26)30(29(32)37)19(2)13-24(38-30)16-28(36)33-17-21-7-5-4-6-20(21)14-23(33)18-34/h3-9,15,19,23-24,34H,1,10-14,16-18H2,2H3/t19-,23-,24-,30+/m0/s1. The van der Waals surface area contributed by atoms with Crippen molar-refractivity contribution in [3.8, 4) is 0 Å². The maximum absolute atomic E-state index is 13.9. The highest BCUT2D eigenvalue weighted by molar-refractivity contribution is 6.09. The minimum Gasteiger partial charge on any atom is -0.394 e. The molecule has 2 aromatic carbocycles. The van der Waals surface area contributed by atoms with Crippen molar-refractivity contribution in [3.63, 3.8) is 0 Å². The monoisotopic (exact) mass is 515 g/mol. The van der Waals surface area contributed by atoms with Crippen molar-refractivity contribution >= 4 is 29.1 Å². The van der Waals surface area contributed by atoms with Crippen molar-refractivity contribution < 1.29 is 24.2 Å². The van der Waals surface area contributed by atoms with Crippen LogP contribution in [-0.4, -0.2) is 59.6 Å². The first-order valence-electron chi connectivity index (χ1n) is 13.4. The predicted molar refractivity (Wildman–Crippen MR) is 142 cm³/mol. The van der Waals surface area contributed by atoms with Gasteiger partial charge in [-0.2, -0.15) is 0 Å². The second-order valence-electron chi connectivity index (χ2n) is 10.8. The van der Waals surface area contributed by atoms with Crippen LogP contribution in [0.15, 0.2) is 55.1 Å². The van der Waals surface area contributed by atoms with Gasteiger partial charge in [0.15, 0.2) is 5.60 Å². The number of aliphatic hydroxyl groups excluding tert-OH is 1. The third-order valence-electron chi connectivity index (χ3n) is 8.66. The normalized spacial score (nSPS) is 27.9. The van der Waals surface area contributed by atoms with Crippen LogP contribution in [0.5, 0.6) is 0 Å². The van der Waals surface area contributed by atoms with E-state index < -0.39 is 11.7 Å². The molecule has 8 heteroatoms.